The van der Waals surface area contributed by atoms with E-state index in [0.29, 0.717) is 29.1 Å². The summed E-state index contributed by atoms with van der Waals surface area (Å²) in [6.45, 7) is 8.32. The maximum Gasteiger partial charge on any atom is 0.220 e. The number of nitrogens with one attached hydrogen (secondary N) is 2. The molecule has 0 saturated carbocycles. The molecular formula is C30H44N2O4S. The number of hydrogen-bond donors (Lipinski definition) is 2. The van der Waals surface area contributed by atoms with E-state index in [4.69, 9.17) is 4.74 Å². The third-order valence-electron chi connectivity index (χ3n) is 7.77. The van der Waals surface area contributed by atoms with Crippen LogP contribution in [-0.4, -0.2) is 38.8 Å². The van der Waals surface area contributed by atoms with Crippen molar-refractivity contribution in [1.29, 1.82) is 0 Å². The summed E-state index contributed by atoms with van der Waals surface area (Å²) in [6.07, 6.45) is 5.91. The van der Waals surface area contributed by atoms with Crippen molar-refractivity contribution in [3.63, 3.8) is 0 Å². The van der Waals surface area contributed by atoms with Gasteiger partial charge in [-0.3, -0.25) is 10.1 Å². The van der Waals surface area contributed by atoms with E-state index in [-0.39, 0.29) is 30.2 Å². The number of sulfone groups is 1. The lowest BCUT2D eigenvalue weighted by Crippen LogP contribution is -2.50. The number of methoxy groups -OCH3 is 1. The van der Waals surface area contributed by atoms with E-state index in [1.165, 1.54) is 0 Å². The summed E-state index contributed by atoms with van der Waals surface area (Å²) in [6, 6.07) is 13.5. The Hall–Kier alpha value is -2.38. The molecule has 1 heterocycles. The summed E-state index contributed by atoms with van der Waals surface area (Å²) in [7, 11) is -2.00. The fourth-order valence-corrected chi connectivity index (χ4v) is 7.53. The van der Waals surface area contributed by atoms with Gasteiger partial charge in [0.15, 0.2) is 9.84 Å². The first-order valence-corrected chi connectivity index (χ1v) is 15.4. The highest BCUT2D eigenvalue weighted by Gasteiger charge is 2.42. The first-order chi connectivity index (χ1) is 17.7. The number of ether oxygens (including phenoxy) is 1. The summed E-state index contributed by atoms with van der Waals surface area (Å²) in [5.41, 5.74) is 1.94. The van der Waals surface area contributed by atoms with Crippen LogP contribution in [0.15, 0.2) is 47.4 Å². The standard InChI is InChI=1S/C30H44N2O4S/c1-6-10-18-30(9-4)21-37(34,35)27-19-23(16-17-28(33)31-24(7-2)8-3)26(36-5)20-25(27)29(32-30)22-14-12-11-13-15-22/h11-15,19-20,24,29,32H,6-10,16-18,21H2,1-5H3,(H,31,33)/t29-,30-/m1/s1. The molecule has 2 N–H and O–H groups in total. The van der Waals surface area contributed by atoms with Gasteiger partial charge in [0.1, 0.15) is 5.75 Å². The molecule has 2 aromatic carbocycles. The first kappa shape index (κ1) is 29.2. The van der Waals surface area contributed by atoms with Crippen LogP contribution in [0, 0.1) is 0 Å². The van der Waals surface area contributed by atoms with Gasteiger partial charge in [-0.15, -0.1) is 0 Å². The lowest BCUT2D eigenvalue weighted by atomic mass is 9.87. The smallest absolute Gasteiger partial charge is 0.220 e. The number of amides is 1. The van der Waals surface area contributed by atoms with Gasteiger partial charge in [-0.1, -0.05) is 70.9 Å². The van der Waals surface area contributed by atoms with Crippen molar-refractivity contribution in [2.24, 2.45) is 0 Å². The van der Waals surface area contributed by atoms with Crippen LogP contribution in [0.5, 0.6) is 5.75 Å². The second kappa shape index (κ2) is 12.9. The third-order valence-corrected chi connectivity index (χ3v) is 9.72. The van der Waals surface area contributed by atoms with Gasteiger partial charge in [-0.05, 0) is 60.9 Å². The molecule has 1 aliphatic rings. The molecule has 2 aromatic rings. The van der Waals surface area contributed by atoms with E-state index in [1.54, 1.807) is 13.2 Å². The normalized spacial score (nSPS) is 20.8. The van der Waals surface area contributed by atoms with Crippen LogP contribution in [0.4, 0.5) is 0 Å². The van der Waals surface area contributed by atoms with Gasteiger partial charge >= 0.3 is 0 Å². The molecule has 3 rings (SSSR count). The molecule has 37 heavy (non-hydrogen) atoms. The zero-order chi connectivity index (χ0) is 27.1. The number of rotatable bonds is 12. The molecule has 0 spiro atoms. The van der Waals surface area contributed by atoms with E-state index in [1.807, 2.05) is 36.4 Å². The highest BCUT2D eigenvalue weighted by molar-refractivity contribution is 7.91. The Morgan fingerprint density at radius 3 is 2.43 bits per heavy atom. The Bertz CT molecular complexity index is 1150. The maximum atomic E-state index is 14.0. The summed E-state index contributed by atoms with van der Waals surface area (Å²) < 4.78 is 33.7. The van der Waals surface area contributed by atoms with Crippen LogP contribution in [0.2, 0.25) is 0 Å². The fraction of sp³-hybridized carbons (Fsp3) is 0.567. The molecule has 0 aliphatic carbocycles. The Morgan fingerprint density at radius 2 is 1.84 bits per heavy atom. The topological polar surface area (TPSA) is 84.5 Å². The third kappa shape index (κ3) is 6.94. The monoisotopic (exact) mass is 528 g/mol. The Morgan fingerprint density at radius 1 is 1.14 bits per heavy atom. The minimum absolute atomic E-state index is 0.0260. The predicted octanol–water partition coefficient (Wildman–Crippen LogP) is 5.74. The van der Waals surface area contributed by atoms with E-state index >= 15 is 0 Å². The van der Waals surface area contributed by atoms with E-state index in [2.05, 4.69) is 38.3 Å². The van der Waals surface area contributed by atoms with Crippen LogP contribution < -0.4 is 15.4 Å². The number of carbonyl (C=O) groups excluding carboxylic acids is 1. The zero-order valence-electron chi connectivity index (χ0n) is 23.1. The van der Waals surface area contributed by atoms with Crippen LogP contribution >= 0.6 is 0 Å². The molecule has 0 fully saturated rings. The average Bonchev–Trinajstić information content (AvgIpc) is 3.01. The molecule has 0 unspecified atom stereocenters. The number of hydrogen-bond acceptors (Lipinski definition) is 5. The van der Waals surface area contributed by atoms with Crippen LogP contribution in [-0.2, 0) is 21.1 Å². The van der Waals surface area contributed by atoms with Crippen molar-refractivity contribution < 1.29 is 17.9 Å². The molecule has 1 aliphatic heterocycles. The van der Waals surface area contributed by atoms with Gasteiger partial charge in [0.25, 0.3) is 0 Å². The number of aryl methyl sites for hydroxylation is 1. The highest BCUT2D eigenvalue weighted by atomic mass is 32.2. The number of fused-ring (bicyclic) bond motifs is 1. The van der Waals surface area contributed by atoms with Gasteiger partial charge in [0.05, 0.1) is 23.8 Å². The summed E-state index contributed by atoms with van der Waals surface area (Å²) in [5.74, 6) is 0.639. The van der Waals surface area contributed by atoms with Gasteiger partial charge in [-0.25, -0.2) is 8.42 Å². The lowest BCUT2D eigenvalue weighted by Gasteiger charge is -2.36. The number of unbranched alkanes of at least 4 members (excludes halogenated alkanes) is 1. The van der Waals surface area contributed by atoms with Crippen molar-refractivity contribution in [3.8, 4) is 5.75 Å². The van der Waals surface area contributed by atoms with Crippen molar-refractivity contribution in [2.75, 3.05) is 12.9 Å². The quantitative estimate of drug-likeness (QED) is 0.367. The molecular weight excluding hydrogens is 484 g/mol. The summed E-state index contributed by atoms with van der Waals surface area (Å²) in [5, 5.41) is 6.87. The van der Waals surface area contributed by atoms with Gasteiger partial charge in [-0.2, -0.15) is 0 Å². The Kier molecular flexibility index (Phi) is 10.2. The SMILES string of the molecule is CCCC[C@]1(CC)CS(=O)(=O)c2cc(CCC(=O)NC(CC)CC)c(OC)cc2[C@@H](c2ccccc2)N1. The van der Waals surface area contributed by atoms with Crippen molar-refractivity contribution in [2.45, 2.75) is 102 Å². The predicted molar refractivity (Wildman–Crippen MR) is 150 cm³/mol. The zero-order valence-corrected chi connectivity index (χ0v) is 23.9. The van der Waals surface area contributed by atoms with E-state index in [0.717, 1.165) is 43.2 Å². The Labute approximate surface area is 223 Å². The van der Waals surface area contributed by atoms with Gasteiger partial charge < -0.3 is 10.1 Å². The van der Waals surface area contributed by atoms with Crippen LogP contribution in [0.1, 0.15) is 95.4 Å². The van der Waals surface area contributed by atoms with Gasteiger partial charge in [0, 0.05) is 18.0 Å². The molecule has 6 nitrogen and oxygen atoms in total. The fourth-order valence-electron chi connectivity index (χ4n) is 5.35. The van der Waals surface area contributed by atoms with E-state index < -0.39 is 15.4 Å². The molecule has 0 saturated heterocycles. The van der Waals surface area contributed by atoms with Crippen molar-refractivity contribution in [3.05, 3.63) is 59.2 Å². The minimum Gasteiger partial charge on any atom is -0.496 e. The second-order valence-electron chi connectivity index (χ2n) is 10.3. The first-order valence-electron chi connectivity index (χ1n) is 13.8. The summed E-state index contributed by atoms with van der Waals surface area (Å²) in [4.78, 5) is 12.9. The van der Waals surface area contributed by atoms with Crippen LogP contribution in [0.25, 0.3) is 0 Å². The van der Waals surface area contributed by atoms with E-state index in [9.17, 15) is 13.2 Å². The van der Waals surface area contributed by atoms with Crippen molar-refractivity contribution >= 4 is 15.7 Å². The molecule has 1 amide bonds. The molecule has 0 bridgehead atoms. The number of benzene rings is 2. The average molecular weight is 529 g/mol. The lowest BCUT2D eigenvalue weighted by molar-refractivity contribution is -0.121. The Balaban J connectivity index is 2.08. The maximum absolute atomic E-state index is 14.0. The number of carbonyl (C=O) groups is 1. The minimum atomic E-state index is -3.60. The highest BCUT2D eigenvalue weighted by Crippen LogP contribution is 2.41. The van der Waals surface area contributed by atoms with Crippen LogP contribution in [0.3, 0.4) is 0 Å². The molecule has 2 atom stereocenters. The van der Waals surface area contributed by atoms with Crippen molar-refractivity contribution in [1.82, 2.24) is 10.6 Å². The summed E-state index contributed by atoms with van der Waals surface area (Å²) >= 11 is 0. The molecule has 0 aromatic heterocycles. The largest absolute Gasteiger partial charge is 0.496 e. The molecule has 0 radical (unpaired) electrons. The second-order valence-corrected chi connectivity index (χ2v) is 12.2. The molecule has 204 valence electrons. The van der Waals surface area contributed by atoms with Gasteiger partial charge in [0.2, 0.25) is 5.91 Å². The molecule has 7 heteroatoms.